The number of ether oxygens (including phenoxy) is 1. The molecule has 35 heavy (non-hydrogen) atoms. The maximum Gasteiger partial charge on any atom is 0.387 e. The second-order valence-electron chi connectivity index (χ2n) is 9.46. The van der Waals surface area contributed by atoms with Gasteiger partial charge in [0.05, 0.1) is 22.3 Å². The fourth-order valence-electron chi connectivity index (χ4n) is 4.16. The average molecular weight is 507 g/mol. The van der Waals surface area contributed by atoms with Crippen LogP contribution in [0.25, 0.3) is 0 Å². The third kappa shape index (κ3) is 5.79. The Morgan fingerprint density at radius 1 is 1.20 bits per heavy atom. The Labute approximate surface area is 206 Å². The summed E-state index contributed by atoms with van der Waals surface area (Å²) in [6.07, 6.45) is 2.32. The van der Waals surface area contributed by atoms with E-state index in [1.165, 1.54) is 36.4 Å². The van der Waals surface area contributed by atoms with E-state index in [9.17, 15) is 18.0 Å². The molecule has 3 atom stereocenters. The maximum atomic E-state index is 14.3. The van der Waals surface area contributed by atoms with E-state index in [1.54, 1.807) is 6.07 Å². The summed E-state index contributed by atoms with van der Waals surface area (Å²) in [5.41, 5.74) is 1.67. The van der Waals surface area contributed by atoms with Gasteiger partial charge in [0.15, 0.2) is 0 Å². The van der Waals surface area contributed by atoms with Crippen molar-refractivity contribution in [3.8, 4) is 5.75 Å². The first-order chi connectivity index (χ1) is 16.5. The van der Waals surface area contributed by atoms with Gasteiger partial charge in [-0.3, -0.25) is 14.8 Å². The van der Waals surface area contributed by atoms with E-state index < -0.39 is 18.5 Å². The van der Waals surface area contributed by atoms with Crippen LogP contribution in [0.4, 0.5) is 18.9 Å². The number of amides is 1. The molecule has 6 nitrogen and oxygen atoms in total. The lowest BCUT2D eigenvalue weighted by Gasteiger charge is -2.21. The second kappa shape index (κ2) is 9.91. The van der Waals surface area contributed by atoms with Crippen molar-refractivity contribution >= 4 is 23.2 Å². The highest BCUT2D eigenvalue weighted by Gasteiger charge is 2.40. The fraction of sp³-hybridized carbons (Fsp3) is 0.360. The van der Waals surface area contributed by atoms with Gasteiger partial charge in [-0.05, 0) is 75.2 Å². The van der Waals surface area contributed by atoms with Crippen molar-refractivity contribution in [2.75, 3.05) is 5.32 Å². The molecule has 186 valence electrons. The molecule has 0 aliphatic carbocycles. The largest absolute Gasteiger partial charge is 0.435 e. The van der Waals surface area contributed by atoms with Crippen LogP contribution in [0.3, 0.4) is 0 Å². The lowest BCUT2D eigenvalue weighted by atomic mass is 9.90. The summed E-state index contributed by atoms with van der Waals surface area (Å²) < 4.78 is 45.2. The predicted octanol–water partition coefficient (Wildman–Crippen LogP) is 5.86. The van der Waals surface area contributed by atoms with E-state index in [-0.39, 0.29) is 34.2 Å². The van der Waals surface area contributed by atoms with Crippen molar-refractivity contribution in [1.29, 1.82) is 0 Å². The van der Waals surface area contributed by atoms with E-state index in [4.69, 9.17) is 16.7 Å². The van der Waals surface area contributed by atoms with Crippen molar-refractivity contribution < 1.29 is 22.7 Å². The van der Waals surface area contributed by atoms with Crippen LogP contribution >= 0.6 is 11.6 Å². The van der Waals surface area contributed by atoms with Crippen LogP contribution in [0.5, 0.6) is 5.75 Å². The number of rotatable bonds is 6. The Morgan fingerprint density at radius 2 is 1.91 bits per heavy atom. The molecule has 2 N–H and O–H groups in total. The fourth-order valence-corrected chi connectivity index (χ4v) is 4.28. The van der Waals surface area contributed by atoms with E-state index in [0.29, 0.717) is 17.7 Å². The number of anilines is 1. The summed E-state index contributed by atoms with van der Waals surface area (Å²) in [6.45, 7) is 3.19. The molecule has 0 saturated carbocycles. The first kappa shape index (κ1) is 25.1. The lowest BCUT2D eigenvalue weighted by molar-refractivity contribution is -0.117. The summed E-state index contributed by atoms with van der Waals surface area (Å²) >= 11 is 5.88. The van der Waals surface area contributed by atoms with Crippen molar-refractivity contribution in [1.82, 2.24) is 15.1 Å². The Balaban J connectivity index is 1.56. The number of carbonyl (C=O) groups excluding carboxylic acids is 1. The minimum atomic E-state index is -2.92. The number of nitrogens with zero attached hydrogens (tertiary/aromatic N) is 2. The van der Waals surface area contributed by atoms with Crippen molar-refractivity contribution in [3.05, 3.63) is 76.8 Å². The molecule has 2 heterocycles. The molecule has 0 bridgehead atoms. The molecule has 1 fully saturated rings. The van der Waals surface area contributed by atoms with E-state index in [0.717, 1.165) is 5.69 Å². The molecule has 1 amide bonds. The highest BCUT2D eigenvalue weighted by Crippen LogP contribution is 2.41. The van der Waals surface area contributed by atoms with Gasteiger partial charge < -0.3 is 10.1 Å². The highest BCUT2D eigenvalue weighted by molar-refractivity contribution is 6.30. The molecule has 1 saturated heterocycles. The van der Waals surface area contributed by atoms with Crippen molar-refractivity contribution in [3.63, 3.8) is 0 Å². The maximum absolute atomic E-state index is 14.3. The molecule has 10 heteroatoms. The second-order valence-corrected chi connectivity index (χ2v) is 9.87. The van der Waals surface area contributed by atoms with Crippen LogP contribution in [-0.4, -0.2) is 28.3 Å². The number of hydrogen-bond acceptors (Lipinski definition) is 4. The first-order valence-corrected chi connectivity index (χ1v) is 11.5. The van der Waals surface area contributed by atoms with Gasteiger partial charge in [-0.2, -0.15) is 13.9 Å². The number of halogens is 4. The molecule has 1 aliphatic heterocycles. The molecule has 1 aromatic heterocycles. The van der Waals surface area contributed by atoms with Gasteiger partial charge in [0.2, 0.25) is 5.91 Å². The van der Waals surface area contributed by atoms with Gasteiger partial charge in [0, 0.05) is 23.8 Å². The van der Waals surface area contributed by atoms with Gasteiger partial charge >= 0.3 is 6.61 Å². The molecule has 3 aromatic rings. The predicted molar refractivity (Wildman–Crippen MR) is 127 cm³/mol. The van der Waals surface area contributed by atoms with Crippen LogP contribution in [0.15, 0.2) is 54.7 Å². The Morgan fingerprint density at radius 3 is 2.51 bits per heavy atom. The molecule has 0 spiro atoms. The van der Waals surface area contributed by atoms with Gasteiger partial charge in [-0.1, -0.05) is 17.7 Å². The van der Waals surface area contributed by atoms with Gasteiger partial charge in [0.1, 0.15) is 11.6 Å². The highest BCUT2D eigenvalue weighted by atomic mass is 35.5. The zero-order chi connectivity index (χ0) is 25.3. The number of aromatic nitrogens is 2. The summed E-state index contributed by atoms with van der Waals surface area (Å²) in [6, 6.07) is 11.2. The van der Waals surface area contributed by atoms with E-state index in [2.05, 4.69) is 15.4 Å². The minimum Gasteiger partial charge on any atom is -0.435 e. The molecule has 0 radical (unpaired) electrons. The molecular weight excluding hydrogens is 481 g/mol. The zero-order valence-corrected chi connectivity index (χ0v) is 20.2. The smallest absolute Gasteiger partial charge is 0.387 e. The van der Waals surface area contributed by atoms with Crippen LogP contribution in [-0.2, 0) is 10.3 Å². The zero-order valence-electron chi connectivity index (χ0n) is 19.4. The van der Waals surface area contributed by atoms with E-state index in [1.807, 2.05) is 37.7 Å². The number of hydrogen-bond donors (Lipinski definition) is 2. The molecular formula is C25H26ClF3N4O2. The minimum absolute atomic E-state index is 0.00341. The van der Waals surface area contributed by atoms with E-state index >= 15 is 0 Å². The number of alkyl halides is 2. The monoisotopic (exact) mass is 506 g/mol. The Kier molecular flexibility index (Phi) is 7.10. The normalized spacial score (nSPS) is 20.3. The molecule has 1 aliphatic rings. The third-order valence-corrected chi connectivity index (χ3v) is 6.22. The summed E-state index contributed by atoms with van der Waals surface area (Å²) in [5, 5.41) is 10.9. The Bertz CT molecular complexity index is 1190. The Hall–Kier alpha value is -3.04. The standard InChI is InChI=1S/C25H26ClF3N4O2/c1-25(2,3)33-11-10-20(32-33)17-13-21(31-22(17)14-4-9-18(26)19(27)12-14)23(34)30-15-5-7-16(8-6-15)35-24(28)29/h4-12,17,21-22,24,31H,13H2,1-3H3,(H,30,34)/t17-,21+,22+/m1/s1. The third-order valence-electron chi connectivity index (χ3n) is 5.92. The molecule has 0 unspecified atom stereocenters. The molecule has 4 rings (SSSR count). The van der Waals surface area contributed by atoms with Gasteiger partial charge in [-0.25, -0.2) is 4.39 Å². The summed E-state index contributed by atoms with van der Waals surface area (Å²) in [7, 11) is 0. The van der Waals surface area contributed by atoms with Gasteiger partial charge in [-0.15, -0.1) is 0 Å². The average Bonchev–Trinajstić information content (AvgIpc) is 3.44. The topological polar surface area (TPSA) is 68.2 Å². The SMILES string of the molecule is CC(C)(C)n1ccc([C@H]2C[C@@H](C(=O)Nc3ccc(OC(F)F)cc3)N[C@H]2c2ccc(Cl)c(F)c2)n1. The summed E-state index contributed by atoms with van der Waals surface area (Å²) in [5.74, 6) is -1.04. The number of nitrogens with one attached hydrogen (secondary N) is 2. The number of benzene rings is 2. The first-order valence-electron chi connectivity index (χ1n) is 11.1. The quantitative estimate of drug-likeness (QED) is 0.439. The van der Waals surface area contributed by atoms with Crippen LogP contribution < -0.4 is 15.4 Å². The van der Waals surface area contributed by atoms with Crippen LogP contribution in [0.2, 0.25) is 5.02 Å². The van der Waals surface area contributed by atoms with Crippen LogP contribution in [0.1, 0.15) is 50.4 Å². The number of carbonyl (C=O) groups is 1. The summed E-state index contributed by atoms with van der Waals surface area (Å²) in [4.78, 5) is 13.1. The lowest BCUT2D eigenvalue weighted by Crippen LogP contribution is -2.36. The van der Waals surface area contributed by atoms with Crippen molar-refractivity contribution in [2.24, 2.45) is 0 Å². The molecule has 2 aromatic carbocycles. The van der Waals surface area contributed by atoms with Crippen LogP contribution in [0, 0.1) is 5.82 Å². The van der Waals surface area contributed by atoms with Gasteiger partial charge in [0.25, 0.3) is 0 Å². The van der Waals surface area contributed by atoms with Crippen molar-refractivity contribution in [2.45, 2.75) is 57.3 Å².